The zero-order chi connectivity index (χ0) is 19.1. The van der Waals surface area contributed by atoms with E-state index in [2.05, 4.69) is 55.6 Å². The number of ether oxygens (including phenoxy) is 1. The van der Waals surface area contributed by atoms with Gasteiger partial charge >= 0.3 is 5.97 Å². The monoisotopic (exact) mass is 366 g/mol. The molecule has 2 N–H and O–H groups in total. The van der Waals surface area contributed by atoms with E-state index in [0.717, 1.165) is 44.3 Å². The van der Waals surface area contributed by atoms with Gasteiger partial charge in [0.2, 0.25) is 0 Å². The van der Waals surface area contributed by atoms with Crippen LogP contribution in [0.25, 0.3) is 0 Å². The maximum absolute atomic E-state index is 12.5. The van der Waals surface area contributed by atoms with Crippen LogP contribution in [0.15, 0.2) is 54.6 Å². The lowest BCUT2D eigenvalue weighted by atomic mass is 9.83. The number of carbonyl (C=O) groups excluding carboxylic acids is 1. The van der Waals surface area contributed by atoms with Crippen molar-refractivity contribution < 1.29 is 14.8 Å². The van der Waals surface area contributed by atoms with Gasteiger partial charge in [-0.3, -0.25) is 4.79 Å². The van der Waals surface area contributed by atoms with Gasteiger partial charge in [-0.05, 0) is 43.4 Å². The highest BCUT2D eigenvalue weighted by Crippen LogP contribution is 2.28. The second-order valence-electron chi connectivity index (χ2n) is 8.20. The van der Waals surface area contributed by atoms with Gasteiger partial charge in [-0.2, -0.15) is 0 Å². The third-order valence-electron chi connectivity index (χ3n) is 5.68. The van der Waals surface area contributed by atoms with E-state index in [0.29, 0.717) is 12.3 Å². The van der Waals surface area contributed by atoms with Crippen molar-refractivity contribution in [3.8, 4) is 0 Å². The maximum Gasteiger partial charge on any atom is 0.310 e. The molecule has 144 valence electrons. The van der Waals surface area contributed by atoms with Crippen LogP contribution in [0.2, 0.25) is 0 Å². The fourth-order valence-electron chi connectivity index (χ4n) is 4.03. The summed E-state index contributed by atoms with van der Waals surface area (Å²) in [5.41, 5.74) is 3.27. The molecule has 0 atom stereocenters. The standard InChI is InChI=1S/C24H31NO2/c1-24(2,22-13-15-25-16-14-22)27-23(26)18-21-10-6-9-20(17-21)12-11-19-7-4-3-5-8-19/h3-10,17,22,25H,11-16,18H2,1-2H3/p+1. The lowest BCUT2D eigenvalue weighted by Crippen LogP contribution is -2.86. The van der Waals surface area contributed by atoms with Crippen LogP contribution in [0.4, 0.5) is 0 Å². The largest absolute Gasteiger partial charge is 0.459 e. The number of piperidine rings is 1. The van der Waals surface area contributed by atoms with Gasteiger partial charge in [0.25, 0.3) is 0 Å². The Balaban J connectivity index is 1.54. The topological polar surface area (TPSA) is 42.9 Å². The van der Waals surface area contributed by atoms with Crippen LogP contribution in [0.3, 0.4) is 0 Å². The van der Waals surface area contributed by atoms with Crippen LogP contribution in [-0.4, -0.2) is 24.7 Å². The van der Waals surface area contributed by atoms with Gasteiger partial charge in [0, 0.05) is 18.8 Å². The second-order valence-corrected chi connectivity index (χ2v) is 8.20. The first-order valence-electron chi connectivity index (χ1n) is 10.2. The Morgan fingerprint density at radius 1 is 0.963 bits per heavy atom. The molecular weight excluding hydrogens is 334 g/mol. The van der Waals surface area contributed by atoms with Crippen molar-refractivity contribution in [1.29, 1.82) is 0 Å². The van der Waals surface area contributed by atoms with Crippen molar-refractivity contribution in [2.45, 2.75) is 51.6 Å². The highest BCUT2D eigenvalue weighted by molar-refractivity contribution is 5.73. The molecule has 1 fully saturated rings. The van der Waals surface area contributed by atoms with E-state index in [9.17, 15) is 4.79 Å². The Kier molecular flexibility index (Phi) is 6.68. The highest BCUT2D eigenvalue weighted by Gasteiger charge is 2.35. The number of aryl methyl sites for hydroxylation is 2. The van der Waals surface area contributed by atoms with Crippen molar-refractivity contribution in [2.75, 3.05) is 13.1 Å². The van der Waals surface area contributed by atoms with Crippen molar-refractivity contribution in [3.05, 3.63) is 71.3 Å². The first-order valence-corrected chi connectivity index (χ1v) is 10.2. The Hall–Kier alpha value is -2.13. The fourth-order valence-corrected chi connectivity index (χ4v) is 4.03. The normalized spacial score (nSPS) is 15.5. The van der Waals surface area contributed by atoms with Gasteiger partial charge in [0.15, 0.2) is 0 Å². The smallest absolute Gasteiger partial charge is 0.310 e. The van der Waals surface area contributed by atoms with E-state index in [1.54, 1.807) is 0 Å². The molecule has 27 heavy (non-hydrogen) atoms. The number of esters is 1. The summed E-state index contributed by atoms with van der Waals surface area (Å²) >= 11 is 0. The summed E-state index contributed by atoms with van der Waals surface area (Å²) in [6, 6.07) is 18.9. The van der Waals surface area contributed by atoms with Gasteiger partial charge in [-0.25, -0.2) is 0 Å². The van der Waals surface area contributed by atoms with Crippen LogP contribution in [-0.2, 0) is 28.8 Å². The number of rotatable bonds is 7. The fraction of sp³-hybridized carbons (Fsp3) is 0.458. The quantitative estimate of drug-likeness (QED) is 0.764. The van der Waals surface area contributed by atoms with E-state index in [4.69, 9.17) is 4.74 Å². The molecule has 1 aliphatic heterocycles. The lowest BCUT2D eigenvalue weighted by Gasteiger charge is -2.35. The molecule has 0 bridgehead atoms. The first kappa shape index (κ1) is 19.6. The first-order chi connectivity index (χ1) is 13.0. The van der Waals surface area contributed by atoms with Gasteiger partial charge in [0.05, 0.1) is 19.5 Å². The predicted molar refractivity (Wildman–Crippen MR) is 109 cm³/mol. The lowest BCUT2D eigenvalue weighted by molar-refractivity contribution is -0.665. The number of nitrogens with two attached hydrogens (primary N) is 1. The second kappa shape index (κ2) is 9.18. The summed E-state index contributed by atoms with van der Waals surface area (Å²) in [4.78, 5) is 12.5. The molecule has 1 heterocycles. The molecule has 0 radical (unpaired) electrons. The van der Waals surface area contributed by atoms with Crippen LogP contribution < -0.4 is 5.32 Å². The van der Waals surface area contributed by atoms with E-state index in [1.807, 2.05) is 18.2 Å². The molecule has 3 rings (SSSR count). The third-order valence-corrected chi connectivity index (χ3v) is 5.68. The number of carbonyl (C=O) groups is 1. The molecule has 1 saturated heterocycles. The summed E-state index contributed by atoms with van der Waals surface area (Å²) in [5.74, 6) is 0.346. The molecule has 0 saturated carbocycles. The number of hydrogen-bond donors (Lipinski definition) is 1. The summed E-state index contributed by atoms with van der Waals surface area (Å²) in [6.45, 7) is 6.40. The highest BCUT2D eigenvalue weighted by atomic mass is 16.6. The van der Waals surface area contributed by atoms with Crippen LogP contribution in [0, 0.1) is 5.92 Å². The molecule has 0 unspecified atom stereocenters. The van der Waals surface area contributed by atoms with Crippen molar-refractivity contribution >= 4 is 5.97 Å². The van der Waals surface area contributed by atoms with Crippen LogP contribution >= 0.6 is 0 Å². The Morgan fingerprint density at radius 2 is 1.59 bits per heavy atom. The molecule has 2 aromatic carbocycles. The zero-order valence-corrected chi connectivity index (χ0v) is 16.6. The molecule has 0 amide bonds. The minimum atomic E-state index is -0.379. The van der Waals surface area contributed by atoms with Gasteiger partial charge in [-0.15, -0.1) is 0 Å². The summed E-state index contributed by atoms with van der Waals surface area (Å²) in [7, 11) is 0. The molecule has 2 aromatic rings. The molecule has 3 heteroatoms. The van der Waals surface area contributed by atoms with Crippen molar-refractivity contribution in [1.82, 2.24) is 0 Å². The molecular formula is C24H32NO2+. The minimum absolute atomic E-state index is 0.116. The van der Waals surface area contributed by atoms with E-state index in [1.165, 1.54) is 11.1 Å². The predicted octanol–water partition coefficient (Wildman–Crippen LogP) is 3.31. The maximum atomic E-state index is 12.5. The van der Waals surface area contributed by atoms with Crippen molar-refractivity contribution in [3.63, 3.8) is 0 Å². The Bertz CT molecular complexity index is 733. The molecule has 0 aliphatic carbocycles. The van der Waals surface area contributed by atoms with E-state index in [-0.39, 0.29) is 11.6 Å². The third kappa shape index (κ3) is 5.93. The molecule has 1 aliphatic rings. The summed E-state index contributed by atoms with van der Waals surface area (Å²) in [5, 5.41) is 2.34. The average molecular weight is 367 g/mol. The summed E-state index contributed by atoms with van der Waals surface area (Å²) in [6.07, 6.45) is 4.59. The van der Waals surface area contributed by atoms with Crippen LogP contribution in [0.5, 0.6) is 0 Å². The SMILES string of the molecule is CC(C)(OC(=O)Cc1cccc(CCc2ccccc2)c1)C1CC[NH2+]CC1. The molecule has 0 aromatic heterocycles. The van der Waals surface area contributed by atoms with E-state index < -0.39 is 0 Å². The van der Waals surface area contributed by atoms with Gasteiger partial charge < -0.3 is 10.1 Å². The zero-order valence-electron chi connectivity index (χ0n) is 16.6. The van der Waals surface area contributed by atoms with E-state index >= 15 is 0 Å². The van der Waals surface area contributed by atoms with Crippen LogP contribution in [0.1, 0.15) is 43.4 Å². The molecule has 3 nitrogen and oxygen atoms in total. The van der Waals surface area contributed by atoms with Gasteiger partial charge in [0.1, 0.15) is 5.60 Å². The number of quaternary nitrogens is 1. The molecule has 0 spiro atoms. The number of benzene rings is 2. The summed E-state index contributed by atoms with van der Waals surface area (Å²) < 4.78 is 5.90. The van der Waals surface area contributed by atoms with Gasteiger partial charge in [-0.1, -0.05) is 54.6 Å². The van der Waals surface area contributed by atoms with Crippen molar-refractivity contribution in [2.24, 2.45) is 5.92 Å². The Morgan fingerprint density at radius 3 is 2.33 bits per heavy atom. The number of hydrogen-bond acceptors (Lipinski definition) is 2. The minimum Gasteiger partial charge on any atom is -0.459 e. The Labute approximate surface area is 163 Å². The average Bonchev–Trinajstić information content (AvgIpc) is 2.68.